The molecule has 2 N–H and O–H groups in total. The van der Waals surface area contributed by atoms with E-state index in [0.29, 0.717) is 22.3 Å². The van der Waals surface area contributed by atoms with E-state index in [9.17, 15) is 10.1 Å². The van der Waals surface area contributed by atoms with Crippen molar-refractivity contribution in [1.82, 2.24) is 0 Å². The van der Waals surface area contributed by atoms with E-state index in [1.807, 2.05) is 24.3 Å². The van der Waals surface area contributed by atoms with Gasteiger partial charge in [-0.1, -0.05) is 30.3 Å². The van der Waals surface area contributed by atoms with Gasteiger partial charge in [0.15, 0.2) is 0 Å². The molecule has 104 valence electrons. The molecule has 0 amide bonds. The van der Waals surface area contributed by atoms with Crippen molar-refractivity contribution in [3.05, 3.63) is 68.2 Å². The third-order valence-corrected chi connectivity index (χ3v) is 3.75. The zero-order valence-electron chi connectivity index (χ0n) is 10.6. The molecule has 0 bridgehead atoms. The zero-order chi connectivity index (χ0) is 14.5. The van der Waals surface area contributed by atoms with Crippen molar-refractivity contribution in [1.29, 1.82) is 0 Å². The molecule has 6 heteroatoms. The maximum atomic E-state index is 10.9. The molecule has 0 saturated heterocycles. The van der Waals surface area contributed by atoms with Gasteiger partial charge in [-0.05, 0) is 22.0 Å². The second-order valence-corrected chi connectivity index (χ2v) is 4.90. The molecule has 2 aromatic carbocycles. The number of ether oxygens (including phenoxy) is 1. The molecule has 0 fully saturated rings. The van der Waals surface area contributed by atoms with Gasteiger partial charge in [-0.2, -0.15) is 0 Å². The van der Waals surface area contributed by atoms with E-state index < -0.39 is 4.92 Å². The minimum atomic E-state index is -0.429. The van der Waals surface area contributed by atoms with Gasteiger partial charge in [-0.3, -0.25) is 10.1 Å². The third-order valence-electron chi connectivity index (χ3n) is 2.83. The van der Waals surface area contributed by atoms with Crippen LogP contribution in [0.15, 0.2) is 46.9 Å². The number of hydrogen-bond acceptors (Lipinski definition) is 4. The van der Waals surface area contributed by atoms with Crippen LogP contribution >= 0.6 is 15.9 Å². The van der Waals surface area contributed by atoms with Gasteiger partial charge in [-0.25, -0.2) is 0 Å². The maximum absolute atomic E-state index is 10.9. The van der Waals surface area contributed by atoms with Crippen LogP contribution in [0.2, 0.25) is 0 Å². The molecule has 0 spiro atoms. The molecular weight excluding hydrogens is 324 g/mol. The smallest absolute Gasteiger partial charge is 0.283 e. The lowest BCUT2D eigenvalue weighted by Gasteiger charge is -2.11. The largest absolute Gasteiger partial charge is 0.489 e. The van der Waals surface area contributed by atoms with Crippen molar-refractivity contribution in [3.8, 4) is 5.75 Å². The Bertz CT molecular complexity index is 632. The van der Waals surface area contributed by atoms with Crippen molar-refractivity contribution in [3.63, 3.8) is 0 Å². The van der Waals surface area contributed by atoms with Crippen molar-refractivity contribution in [2.24, 2.45) is 5.73 Å². The van der Waals surface area contributed by atoms with Gasteiger partial charge in [0.1, 0.15) is 16.8 Å². The Morgan fingerprint density at radius 2 is 1.85 bits per heavy atom. The summed E-state index contributed by atoms with van der Waals surface area (Å²) in [5, 5.41) is 10.9. The zero-order valence-corrected chi connectivity index (χ0v) is 12.2. The fourth-order valence-corrected chi connectivity index (χ4v) is 2.31. The van der Waals surface area contributed by atoms with Crippen LogP contribution in [-0.4, -0.2) is 4.92 Å². The fourth-order valence-electron chi connectivity index (χ4n) is 1.79. The van der Waals surface area contributed by atoms with E-state index >= 15 is 0 Å². The van der Waals surface area contributed by atoms with Crippen LogP contribution in [-0.2, 0) is 13.2 Å². The van der Waals surface area contributed by atoms with E-state index in [-0.39, 0.29) is 12.3 Å². The number of nitrogens with two attached hydrogens (primary N) is 1. The maximum Gasteiger partial charge on any atom is 0.283 e. The molecule has 0 atom stereocenters. The molecule has 0 heterocycles. The number of nitro groups is 1. The quantitative estimate of drug-likeness (QED) is 0.670. The second kappa shape index (κ2) is 6.49. The van der Waals surface area contributed by atoms with Crippen LogP contribution in [0.25, 0.3) is 0 Å². The van der Waals surface area contributed by atoms with Crippen molar-refractivity contribution >= 4 is 21.6 Å². The summed E-state index contributed by atoms with van der Waals surface area (Å²) >= 11 is 3.24. The molecule has 2 aromatic rings. The second-order valence-electron chi connectivity index (χ2n) is 4.11. The van der Waals surface area contributed by atoms with Crippen LogP contribution in [0.3, 0.4) is 0 Å². The minimum absolute atomic E-state index is 0.0261. The Kier molecular flexibility index (Phi) is 4.70. The fraction of sp³-hybridized carbons (Fsp3) is 0.143. The summed E-state index contributed by atoms with van der Waals surface area (Å²) in [6.07, 6.45) is 0. The number of benzene rings is 2. The highest BCUT2D eigenvalue weighted by atomic mass is 79.9. The van der Waals surface area contributed by atoms with Crippen LogP contribution in [0.1, 0.15) is 11.1 Å². The van der Waals surface area contributed by atoms with E-state index in [1.165, 1.54) is 6.07 Å². The molecular formula is C14H13BrN2O3. The Morgan fingerprint density at radius 1 is 1.15 bits per heavy atom. The van der Waals surface area contributed by atoms with Crippen molar-refractivity contribution in [2.75, 3.05) is 0 Å². The molecule has 0 aliphatic carbocycles. The number of rotatable bonds is 5. The average Bonchev–Trinajstić information content (AvgIpc) is 2.46. The van der Waals surface area contributed by atoms with Crippen molar-refractivity contribution < 1.29 is 9.66 Å². The molecule has 5 nitrogen and oxygen atoms in total. The first-order chi connectivity index (χ1) is 9.63. The molecule has 0 saturated carbocycles. The predicted molar refractivity (Wildman–Crippen MR) is 79.5 cm³/mol. The highest BCUT2D eigenvalue weighted by Gasteiger charge is 2.15. The molecule has 0 radical (unpaired) electrons. The third kappa shape index (κ3) is 3.15. The van der Waals surface area contributed by atoms with Gasteiger partial charge in [0.2, 0.25) is 0 Å². The van der Waals surface area contributed by atoms with Gasteiger partial charge in [0, 0.05) is 23.7 Å². The Balaban J connectivity index is 2.19. The lowest BCUT2D eigenvalue weighted by Crippen LogP contribution is -2.03. The Labute approximate surface area is 124 Å². The van der Waals surface area contributed by atoms with Gasteiger partial charge >= 0.3 is 0 Å². The molecule has 0 unspecified atom stereocenters. The summed E-state index contributed by atoms with van der Waals surface area (Å²) in [6.45, 7) is 0.617. The average molecular weight is 337 g/mol. The number of para-hydroxylation sites is 1. The van der Waals surface area contributed by atoms with Crippen LogP contribution in [0, 0.1) is 10.1 Å². The SMILES string of the molecule is NCc1ccccc1OCc1cccc([N+](=O)[O-])c1Br. The summed E-state index contributed by atoms with van der Waals surface area (Å²) in [4.78, 5) is 10.4. The first-order valence-corrected chi connectivity index (χ1v) is 6.75. The molecule has 0 aliphatic heterocycles. The van der Waals surface area contributed by atoms with Gasteiger partial charge in [0.05, 0.1) is 4.92 Å². The first kappa shape index (κ1) is 14.5. The van der Waals surface area contributed by atoms with Gasteiger partial charge in [0.25, 0.3) is 5.69 Å². The standard InChI is InChI=1S/C14H13BrN2O3/c15-14-11(5-3-6-12(14)17(18)19)9-20-13-7-2-1-4-10(13)8-16/h1-7H,8-9,16H2. The highest BCUT2D eigenvalue weighted by Crippen LogP contribution is 2.29. The van der Waals surface area contributed by atoms with Crippen LogP contribution in [0.4, 0.5) is 5.69 Å². The van der Waals surface area contributed by atoms with Gasteiger partial charge in [-0.15, -0.1) is 0 Å². The van der Waals surface area contributed by atoms with E-state index in [0.717, 1.165) is 5.56 Å². The topological polar surface area (TPSA) is 78.4 Å². The van der Waals surface area contributed by atoms with E-state index in [1.54, 1.807) is 12.1 Å². The number of nitrogens with zero attached hydrogens (tertiary/aromatic N) is 1. The summed E-state index contributed by atoms with van der Waals surface area (Å²) < 4.78 is 6.14. The number of hydrogen-bond donors (Lipinski definition) is 1. The molecule has 0 aromatic heterocycles. The Hall–Kier alpha value is -1.92. The van der Waals surface area contributed by atoms with E-state index in [4.69, 9.17) is 10.5 Å². The van der Waals surface area contributed by atoms with Gasteiger partial charge < -0.3 is 10.5 Å². The summed E-state index contributed by atoms with van der Waals surface area (Å²) in [6, 6.07) is 12.3. The molecule has 20 heavy (non-hydrogen) atoms. The summed E-state index contributed by atoms with van der Waals surface area (Å²) in [5.41, 5.74) is 7.27. The van der Waals surface area contributed by atoms with Crippen molar-refractivity contribution in [2.45, 2.75) is 13.2 Å². The first-order valence-electron chi connectivity index (χ1n) is 5.96. The predicted octanol–water partition coefficient (Wildman–Crippen LogP) is 3.40. The van der Waals surface area contributed by atoms with Crippen LogP contribution < -0.4 is 10.5 Å². The normalized spacial score (nSPS) is 10.3. The minimum Gasteiger partial charge on any atom is -0.489 e. The monoisotopic (exact) mass is 336 g/mol. The summed E-state index contributed by atoms with van der Waals surface area (Å²) in [7, 11) is 0. The lowest BCUT2D eigenvalue weighted by molar-refractivity contribution is -0.385. The number of halogens is 1. The lowest BCUT2D eigenvalue weighted by atomic mass is 10.2. The number of nitro benzene ring substituents is 1. The molecule has 2 rings (SSSR count). The Morgan fingerprint density at radius 3 is 2.55 bits per heavy atom. The van der Waals surface area contributed by atoms with Crippen LogP contribution in [0.5, 0.6) is 5.75 Å². The molecule has 0 aliphatic rings. The summed E-state index contributed by atoms with van der Waals surface area (Å²) in [5.74, 6) is 0.688. The van der Waals surface area contributed by atoms with E-state index in [2.05, 4.69) is 15.9 Å². The highest BCUT2D eigenvalue weighted by molar-refractivity contribution is 9.10.